The van der Waals surface area contributed by atoms with Crippen LogP contribution in [0.3, 0.4) is 0 Å². The molecule has 0 bridgehead atoms. The predicted octanol–water partition coefficient (Wildman–Crippen LogP) is 3.51. The van der Waals surface area contributed by atoms with Crippen LogP contribution in [0.1, 0.15) is 46.0 Å². The van der Waals surface area contributed by atoms with Crippen LogP contribution < -0.4 is 0 Å². The van der Waals surface area contributed by atoms with Crippen LogP contribution in [0.4, 0.5) is 0 Å². The molecule has 0 heterocycles. The topological polar surface area (TPSA) is 9.23 Å². The molecule has 0 N–H and O–H groups in total. The smallest absolute Gasteiger partial charge is 0.0978 e. The molecule has 1 saturated carbocycles. The zero-order chi connectivity index (χ0) is 9.03. The standard InChI is InChI=1S/C11H20O/c1-4-12-10-6-5-8-11(2,3)9-7-10/h4,10H,1,5-9H2,2-3H3. The molecular weight excluding hydrogens is 148 g/mol. The molecule has 0 aliphatic heterocycles. The van der Waals surface area contributed by atoms with Gasteiger partial charge in [-0.25, -0.2) is 0 Å². The highest BCUT2D eigenvalue weighted by molar-refractivity contribution is 4.77. The summed E-state index contributed by atoms with van der Waals surface area (Å²) in [6.07, 6.45) is 8.34. The summed E-state index contributed by atoms with van der Waals surface area (Å²) in [6.45, 7) is 8.30. The maximum absolute atomic E-state index is 5.42. The van der Waals surface area contributed by atoms with Gasteiger partial charge in [0, 0.05) is 0 Å². The molecule has 12 heavy (non-hydrogen) atoms. The molecule has 1 aliphatic carbocycles. The first-order chi connectivity index (χ1) is 5.64. The Morgan fingerprint density at radius 2 is 2.08 bits per heavy atom. The average molecular weight is 168 g/mol. The van der Waals surface area contributed by atoms with Crippen molar-refractivity contribution in [2.75, 3.05) is 0 Å². The fraction of sp³-hybridized carbons (Fsp3) is 0.818. The second kappa shape index (κ2) is 3.97. The Hall–Kier alpha value is -0.460. The molecule has 70 valence electrons. The normalized spacial score (nSPS) is 29.0. The van der Waals surface area contributed by atoms with Crippen molar-refractivity contribution < 1.29 is 4.74 Å². The molecule has 1 atom stereocenters. The Balaban J connectivity index is 2.39. The molecule has 1 fully saturated rings. The van der Waals surface area contributed by atoms with Gasteiger partial charge in [0.2, 0.25) is 0 Å². The molecule has 0 aromatic heterocycles. The molecule has 0 spiro atoms. The lowest BCUT2D eigenvalue weighted by Gasteiger charge is -2.21. The second-order valence-electron chi connectivity index (χ2n) is 4.52. The molecule has 0 aromatic rings. The number of hydrogen-bond donors (Lipinski definition) is 0. The van der Waals surface area contributed by atoms with Gasteiger partial charge in [-0.1, -0.05) is 20.4 Å². The number of ether oxygens (including phenoxy) is 1. The van der Waals surface area contributed by atoms with Crippen LogP contribution in [0.15, 0.2) is 12.8 Å². The van der Waals surface area contributed by atoms with E-state index in [1.807, 2.05) is 0 Å². The Morgan fingerprint density at radius 3 is 2.75 bits per heavy atom. The minimum absolute atomic E-state index is 0.435. The van der Waals surface area contributed by atoms with Crippen LogP contribution >= 0.6 is 0 Å². The lowest BCUT2D eigenvalue weighted by Crippen LogP contribution is -2.11. The Labute approximate surface area is 75.8 Å². The Morgan fingerprint density at radius 1 is 1.33 bits per heavy atom. The van der Waals surface area contributed by atoms with Gasteiger partial charge in [0.1, 0.15) is 0 Å². The zero-order valence-electron chi connectivity index (χ0n) is 8.31. The summed E-state index contributed by atoms with van der Waals surface area (Å²) in [5.41, 5.74) is 0.527. The molecule has 1 heteroatoms. The fourth-order valence-electron chi connectivity index (χ4n) is 1.90. The Kier molecular flexibility index (Phi) is 3.19. The first kappa shape index (κ1) is 9.63. The molecule has 0 amide bonds. The highest BCUT2D eigenvalue weighted by Crippen LogP contribution is 2.34. The van der Waals surface area contributed by atoms with E-state index in [-0.39, 0.29) is 0 Å². The van der Waals surface area contributed by atoms with Crippen LogP contribution in [-0.2, 0) is 4.74 Å². The van der Waals surface area contributed by atoms with Crippen molar-refractivity contribution >= 4 is 0 Å². The van der Waals surface area contributed by atoms with Crippen LogP contribution in [0, 0.1) is 5.41 Å². The van der Waals surface area contributed by atoms with Gasteiger partial charge in [-0.05, 0) is 37.5 Å². The highest BCUT2D eigenvalue weighted by atomic mass is 16.5. The van der Waals surface area contributed by atoms with Crippen LogP contribution in [0.2, 0.25) is 0 Å². The van der Waals surface area contributed by atoms with E-state index in [2.05, 4.69) is 20.4 Å². The minimum Gasteiger partial charge on any atom is -0.499 e. The van der Waals surface area contributed by atoms with Gasteiger partial charge in [0.15, 0.2) is 0 Å². The first-order valence-electron chi connectivity index (χ1n) is 4.90. The summed E-state index contributed by atoms with van der Waals surface area (Å²) in [5.74, 6) is 0. The van der Waals surface area contributed by atoms with Crippen molar-refractivity contribution in [2.24, 2.45) is 5.41 Å². The molecule has 1 aliphatic rings. The van der Waals surface area contributed by atoms with Gasteiger partial charge in [-0.15, -0.1) is 0 Å². The van der Waals surface area contributed by atoms with Crippen LogP contribution in [0.5, 0.6) is 0 Å². The van der Waals surface area contributed by atoms with E-state index in [1.54, 1.807) is 6.26 Å². The third-order valence-corrected chi connectivity index (χ3v) is 2.81. The summed E-state index contributed by atoms with van der Waals surface area (Å²) >= 11 is 0. The monoisotopic (exact) mass is 168 g/mol. The van der Waals surface area contributed by atoms with Gasteiger partial charge >= 0.3 is 0 Å². The van der Waals surface area contributed by atoms with Crippen molar-refractivity contribution in [3.8, 4) is 0 Å². The summed E-state index contributed by atoms with van der Waals surface area (Å²) in [5, 5.41) is 0. The molecule has 0 radical (unpaired) electrons. The van der Waals surface area contributed by atoms with Crippen molar-refractivity contribution in [1.29, 1.82) is 0 Å². The van der Waals surface area contributed by atoms with E-state index < -0.39 is 0 Å². The maximum Gasteiger partial charge on any atom is 0.0978 e. The van der Waals surface area contributed by atoms with Gasteiger partial charge in [-0.3, -0.25) is 0 Å². The number of hydrogen-bond acceptors (Lipinski definition) is 1. The summed E-state index contributed by atoms with van der Waals surface area (Å²) in [4.78, 5) is 0. The van der Waals surface area contributed by atoms with Crippen LogP contribution in [0.25, 0.3) is 0 Å². The zero-order valence-corrected chi connectivity index (χ0v) is 8.31. The molecule has 1 nitrogen and oxygen atoms in total. The quantitative estimate of drug-likeness (QED) is 0.453. The van der Waals surface area contributed by atoms with E-state index in [0.29, 0.717) is 11.5 Å². The predicted molar refractivity (Wildman–Crippen MR) is 51.9 cm³/mol. The minimum atomic E-state index is 0.435. The molecule has 1 unspecified atom stereocenters. The fourth-order valence-corrected chi connectivity index (χ4v) is 1.90. The SMILES string of the molecule is C=COC1CCCC(C)(C)CC1. The van der Waals surface area contributed by atoms with Gasteiger partial charge in [-0.2, -0.15) is 0 Å². The van der Waals surface area contributed by atoms with E-state index in [1.165, 1.54) is 32.1 Å². The van der Waals surface area contributed by atoms with Crippen molar-refractivity contribution in [3.63, 3.8) is 0 Å². The van der Waals surface area contributed by atoms with Crippen molar-refractivity contribution in [3.05, 3.63) is 12.8 Å². The summed E-state index contributed by atoms with van der Waals surface area (Å²) in [6, 6.07) is 0. The number of rotatable bonds is 2. The van der Waals surface area contributed by atoms with E-state index in [0.717, 1.165) is 0 Å². The largest absolute Gasteiger partial charge is 0.499 e. The average Bonchev–Trinajstić information content (AvgIpc) is 2.14. The van der Waals surface area contributed by atoms with Gasteiger partial charge in [0.05, 0.1) is 12.4 Å². The lowest BCUT2D eigenvalue weighted by molar-refractivity contribution is 0.126. The van der Waals surface area contributed by atoms with E-state index in [4.69, 9.17) is 4.74 Å². The summed E-state index contributed by atoms with van der Waals surface area (Å²) < 4.78 is 5.42. The van der Waals surface area contributed by atoms with Crippen molar-refractivity contribution in [1.82, 2.24) is 0 Å². The highest BCUT2D eigenvalue weighted by Gasteiger charge is 2.24. The second-order valence-corrected chi connectivity index (χ2v) is 4.52. The van der Waals surface area contributed by atoms with Crippen molar-refractivity contribution in [2.45, 2.75) is 52.1 Å². The Bertz CT molecular complexity index is 149. The summed E-state index contributed by atoms with van der Waals surface area (Å²) in [7, 11) is 0. The third kappa shape index (κ3) is 2.88. The van der Waals surface area contributed by atoms with E-state index >= 15 is 0 Å². The van der Waals surface area contributed by atoms with Crippen LogP contribution in [-0.4, -0.2) is 6.10 Å². The maximum atomic E-state index is 5.42. The third-order valence-electron chi connectivity index (χ3n) is 2.81. The van der Waals surface area contributed by atoms with E-state index in [9.17, 15) is 0 Å². The molecular formula is C11H20O. The molecule has 0 aromatic carbocycles. The lowest BCUT2D eigenvalue weighted by atomic mass is 9.85. The van der Waals surface area contributed by atoms with Gasteiger partial charge < -0.3 is 4.74 Å². The molecule has 0 saturated heterocycles. The first-order valence-corrected chi connectivity index (χ1v) is 4.90. The molecule has 1 rings (SSSR count). The van der Waals surface area contributed by atoms with Gasteiger partial charge in [0.25, 0.3) is 0 Å².